The van der Waals surface area contributed by atoms with Gasteiger partial charge < -0.3 is 9.84 Å². The van der Waals surface area contributed by atoms with Crippen molar-refractivity contribution in [3.05, 3.63) is 11.3 Å². The molecule has 0 aliphatic rings. The zero-order chi connectivity index (χ0) is 12.9. The second-order valence-electron chi connectivity index (χ2n) is 3.80. The van der Waals surface area contributed by atoms with Gasteiger partial charge in [0, 0.05) is 5.92 Å². The van der Waals surface area contributed by atoms with E-state index in [0.29, 0.717) is 0 Å². The summed E-state index contributed by atoms with van der Waals surface area (Å²) in [4.78, 5) is 32.6. The van der Waals surface area contributed by atoms with Crippen LogP contribution in [0.5, 0.6) is 0 Å². The monoisotopic (exact) mass is 228 g/mol. The lowest BCUT2D eigenvalue weighted by atomic mass is 10.1. The fourth-order valence-corrected chi connectivity index (χ4v) is 1.09. The third-order valence-electron chi connectivity index (χ3n) is 1.83. The van der Waals surface area contributed by atoms with Gasteiger partial charge in [0.2, 0.25) is 0 Å². The molecule has 0 radical (unpaired) electrons. The maximum absolute atomic E-state index is 11.2. The van der Waals surface area contributed by atoms with Crippen LogP contribution >= 0.6 is 0 Å². The SMILES string of the molecule is CC(=O)CC(=O)OC(=C(C)C(=O)O)C(C)C. The number of carbonyl (C=O) groups is 3. The molecule has 16 heavy (non-hydrogen) atoms. The Labute approximate surface area is 94.1 Å². The minimum Gasteiger partial charge on any atom is -0.478 e. The molecule has 0 spiro atoms. The van der Waals surface area contributed by atoms with E-state index in [1.807, 2.05) is 0 Å². The van der Waals surface area contributed by atoms with Gasteiger partial charge in [-0.3, -0.25) is 9.59 Å². The Morgan fingerprint density at radius 3 is 2.00 bits per heavy atom. The van der Waals surface area contributed by atoms with Gasteiger partial charge in [0.25, 0.3) is 0 Å². The van der Waals surface area contributed by atoms with E-state index in [2.05, 4.69) is 0 Å². The lowest BCUT2D eigenvalue weighted by Crippen LogP contribution is -2.15. The Kier molecular flexibility index (Phi) is 5.42. The van der Waals surface area contributed by atoms with Gasteiger partial charge in [-0.15, -0.1) is 0 Å². The molecule has 0 aliphatic carbocycles. The summed E-state index contributed by atoms with van der Waals surface area (Å²) >= 11 is 0. The Morgan fingerprint density at radius 1 is 1.19 bits per heavy atom. The van der Waals surface area contributed by atoms with Gasteiger partial charge >= 0.3 is 11.9 Å². The highest BCUT2D eigenvalue weighted by Crippen LogP contribution is 2.17. The maximum atomic E-state index is 11.2. The van der Waals surface area contributed by atoms with Gasteiger partial charge in [0.1, 0.15) is 18.0 Å². The molecular formula is C11H16O5. The lowest BCUT2D eigenvalue weighted by Gasteiger charge is -2.13. The highest BCUT2D eigenvalue weighted by atomic mass is 16.5. The zero-order valence-corrected chi connectivity index (χ0v) is 9.86. The van der Waals surface area contributed by atoms with Crippen LogP contribution in [-0.2, 0) is 19.1 Å². The predicted molar refractivity (Wildman–Crippen MR) is 56.6 cm³/mol. The van der Waals surface area contributed by atoms with Crippen LogP contribution in [0.15, 0.2) is 11.3 Å². The molecule has 0 aliphatic heterocycles. The summed E-state index contributed by atoms with van der Waals surface area (Å²) in [5.74, 6) is -2.32. The molecule has 90 valence electrons. The molecule has 0 fully saturated rings. The van der Waals surface area contributed by atoms with Crippen LogP contribution in [0.4, 0.5) is 0 Å². The summed E-state index contributed by atoms with van der Waals surface area (Å²) in [6, 6.07) is 0. The van der Waals surface area contributed by atoms with Crippen molar-refractivity contribution in [1.82, 2.24) is 0 Å². The number of carboxylic acid groups (broad SMARTS) is 1. The molecule has 0 saturated carbocycles. The number of rotatable bonds is 5. The molecule has 0 aromatic rings. The predicted octanol–water partition coefficient (Wildman–Crippen LogP) is 1.52. The minimum absolute atomic E-state index is 0.0214. The summed E-state index contributed by atoms with van der Waals surface area (Å²) in [5, 5.41) is 8.78. The number of allylic oxidation sites excluding steroid dienone is 1. The molecule has 5 heteroatoms. The Morgan fingerprint density at radius 2 is 1.69 bits per heavy atom. The number of esters is 1. The molecule has 0 aromatic heterocycles. The van der Waals surface area contributed by atoms with E-state index in [0.717, 1.165) is 0 Å². The molecule has 0 heterocycles. The van der Waals surface area contributed by atoms with Crippen LogP contribution in [0.1, 0.15) is 34.1 Å². The van der Waals surface area contributed by atoms with Crippen molar-refractivity contribution in [3.8, 4) is 0 Å². The Bertz CT molecular complexity index is 338. The average molecular weight is 228 g/mol. The number of aliphatic carboxylic acids is 1. The van der Waals surface area contributed by atoms with Gasteiger partial charge in [-0.2, -0.15) is 0 Å². The fraction of sp³-hybridized carbons (Fsp3) is 0.545. The number of carbonyl (C=O) groups excluding carboxylic acids is 2. The van der Waals surface area contributed by atoms with Crippen molar-refractivity contribution in [2.45, 2.75) is 34.1 Å². The smallest absolute Gasteiger partial charge is 0.334 e. The number of carboxylic acids is 1. The second-order valence-corrected chi connectivity index (χ2v) is 3.80. The number of hydrogen-bond acceptors (Lipinski definition) is 4. The standard InChI is InChI=1S/C11H16O5/c1-6(2)10(8(4)11(14)15)16-9(13)5-7(3)12/h6H,5H2,1-4H3,(H,14,15). The second kappa shape index (κ2) is 6.05. The van der Waals surface area contributed by atoms with E-state index < -0.39 is 11.9 Å². The number of ketones is 1. The van der Waals surface area contributed by atoms with E-state index >= 15 is 0 Å². The normalized spacial score (nSPS) is 12.1. The van der Waals surface area contributed by atoms with Gasteiger partial charge in [-0.1, -0.05) is 13.8 Å². The van der Waals surface area contributed by atoms with E-state index in [9.17, 15) is 14.4 Å². The molecular weight excluding hydrogens is 212 g/mol. The first-order valence-corrected chi connectivity index (χ1v) is 4.89. The highest BCUT2D eigenvalue weighted by molar-refractivity contribution is 5.95. The van der Waals surface area contributed by atoms with E-state index in [4.69, 9.17) is 9.84 Å². The van der Waals surface area contributed by atoms with Crippen LogP contribution in [-0.4, -0.2) is 22.8 Å². The zero-order valence-electron chi connectivity index (χ0n) is 9.86. The fourth-order valence-electron chi connectivity index (χ4n) is 1.09. The molecule has 0 amide bonds. The van der Waals surface area contributed by atoms with E-state index in [1.54, 1.807) is 13.8 Å². The highest BCUT2D eigenvalue weighted by Gasteiger charge is 2.18. The van der Waals surface area contributed by atoms with Crippen LogP contribution in [0.25, 0.3) is 0 Å². The lowest BCUT2D eigenvalue weighted by molar-refractivity contribution is -0.142. The summed E-state index contributed by atoms with van der Waals surface area (Å²) in [7, 11) is 0. The summed E-state index contributed by atoms with van der Waals surface area (Å²) in [6.07, 6.45) is -0.344. The van der Waals surface area contributed by atoms with Crippen molar-refractivity contribution >= 4 is 17.7 Å². The van der Waals surface area contributed by atoms with Gasteiger partial charge in [0.15, 0.2) is 0 Å². The van der Waals surface area contributed by atoms with E-state index in [-0.39, 0.29) is 29.5 Å². The van der Waals surface area contributed by atoms with Crippen molar-refractivity contribution in [1.29, 1.82) is 0 Å². The van der Waals surface area contributed by atoms with Crippen LogP contribution < -0.4 is 0 Å². The molecule has 0 rings (SSSR count). The van der Waals surface area contributed by atoms with Crippen molar-refractivity contribution in [2.75, 3.05) is 0 Å². The largest absolute Gasteiger partial charge is 0.478 e. The van der Waals surface area contributed by atoms with Crippen molar-refractivity contribution < 1.29 is 24.2 Å². The van der Waals surface area contributed by atoms with E-state index in [1.165, 1.54) is 13.8 Å². The molecule has 0 unspecified atom stereocenters. The third kappa shape index (κ3) is 4.72. The average Bonchev–Trinajstić information content (AvgIpc) is 2.11. The van der Waals surface area contributed by atoms with Gasteiger partial charge in [-0.05, 0) is 13.8 Å². The number of Topliss-reactive ketones (excluding diaryl/α,β-unsaturated/α-hetero) is 1. The first-order valence-electron chi connectivity index (χ1n) is 4.89. The molecule has 1 N–H and O–H groups in total. The number of hydrogen-bond donors (Lipinski definition) is 1. The van der Waals surface area contributed by atoms with Crippen LogP contribution in [0.3, 0.4) is 0 Å². The topological polar surface area (TPSA) is 80.7 Å². The first-order chi connectivity index (χ1) is 7.25. The quantitative estimate of drug-likeness (QED) is 0.334. The van der Waals surface area contributed by atoms with Gasteiger partial charge in [-0.25, -0.2) is 4.79 Å². The first kappa shape index (κ1) is 14.3. The molecule has 5 nitrogen and oxygen atoms in total. The summed E-state index contributed by atoms with van der Waals surface area (Å²) < 4.78 is 4.88. The van der Waals surface area contributed by atoms with Crippen molar-refractivity contribution in [3.63, 3.8) is 0 Å². The third-order valence-corrected chi connectivity index (χ3v) is 1.83. The van der Waals surface area contributed by atoms with Crippen molar-refractivity contribution in [2.24, 2.45) is 5.92 Å². The number of ether oxygens (including phenoxy) is 1. The van der Waals surface area contributed by atoms with Crippen LogP contribution in [0.2, 0.25) is 0 Å². The Hall–Kier alpha value is -1.65. The maximum Gasteiger partial charge on any atom is 0.334 e. The summed E-state index contributed by atoms with van der Waals surface area (Å²) in [6.45, 7) is 6.05. The summed E-state index contributed by atoms with van der Waals surface area (Å²) in [5.41, 5.74) is -0.0214. The van der Waals surface area contributed by atoms with Gasteiger partial charge in [0.05, 0.1) is 5.57 Å². The minimum atomic E-state index is -1.14. The molecule has 0 aromatic carbocycles. The van der Waals surface area contributed by atoms with Crippen LogP contribution in [0, 0.1) is 5.92 Å². The molecule has 0 atom stereocenters. The molecule has 0 bridgehead atoms. The Balaban J connectivity index is 4.85. The molecule has 0 saturated heterocycles.